The summed E-state index contributed by atoms with van der Waals surface area (Å²) in [6, 6.07) is 18.4. The lowest BCUT2D eigenvalue weighted by atomic mass is 9.86. The molecular formula is C24H33N3. The van der Waals surface area contributed by atoms with E-state index in [2.05, 4.69) is 58.7 Å². The Bertz CT molecular complexity index is 693. The van der Waals surface area contributed by atoms with Crippen molar-refractivity contribution in [2.75, 3.05) is 29.9 Å². The van der Waals surface area contributed by atoms with Crippen molar-refractivity contribution in [2.45, 2.75) is 51.0 Å². The Morgan fingerprint density at radius 2 is 1.37 bits per heavy atom. The Morgan fingerprint density at radius 1 is 0.778 bits per heavy atom. The number of anilines is 2. The fraction of sp³-hybridized carbons (Fsp3) is 0.500. The molecule has 3 N–H and O–H groups in total. The van der Waals surface area contributed by atoms with Gasteiger partial charge in [-0.25, -0.2) is 0 Å². The van der Waals surface area contributed by atoms with Crippen molar-refractivity contribution in [3.63, 3.8) is 0 Å². The summed E-state index contributed by atoms with van der Waals surface area (Å²) in [6.07, 6.45) is 8.90. The molecule has 2 aliphatic rings. The van der Waals surface area contributed by atoms with Gasteiger partial charge in [-0.1, -0.05) is 24.3 Å². The van der Waals surface area contributed by atoms with Gasteiger partial charge in [0.15, 0.2) is 0 Å². The van der Waals surface area contributed by atoms with Gasteiger partial charge in [-0.05, 0) is 86.3 Å². The first-order chi connectivity index (χ1) is 13.3. The van der Waals surface area contributed by atoms with E-state index in [1.807, 2.05) is 0 Å². The quantitative estimate of drug-likeness (QED) is 0.760. The third-order valence-electron chi connectivity index (χ3n) is 6.29. The van der Waals surface area contributed by atoms with Gasteiger partial charge in [0.2, 0.25) is 0 Å². The predicted octanol–water partition coefficient (Wildman–Crippen LogP) is 5.27. The predicted molar refractivity (Wildman–Crippen MR) is 116 cm³/mol. The van der Waals surface area contributed by atoms with E-state index in [0.717, 1.165) is 12.5 Å². The second-order valence-electron chi connectivity index (χ2n) is 8.33. The zero-order chi connectivity index (χ0) is 18.5. The first-order valence-corrected chi connectivity index (χ1v) is 10.7. The second-order valence-corrected chi connectivity index (χ2v) is 8.33. The highest BCUT2D eigenvalue weighted by molar-refractivity contribution is 5.68. The minimum absolute atomic E-state index is 0.432. The Hall–Kier alpha value is -2.00. The number of piperidine rings is 1. The highest BCUT2D eigenvalue weighted by atomic mass is 15.1. The summed E-state index contributed by atoms with van der Waals surface area (Å²) in [7, 11) is 0. The van der Waals surface area contributed by atoms with Gasteiger partial charge in [-0.3, -0.25) is 0 Å². The number of nitrogens with two attached hydrogens (primary N) is 1. The lowest BCUT2D eigenvalue weighted by Crippen LogP contribution is -2.29. The molecule has 1 aliphatic carbocycles. The summed E-state index contributed by atoms with van der Waals surface area (Å²) >= 11 is 0. The molecule has 0 amide bonds. The molecule has 27 heavy (non-hydrogen) atoms. The number of hydrogen-bond donors (Lipinski definition) is 2. The molecule has 1 saturated carbocycles. The van der Waals surface area contributed by atoms with Gasteiger partial charge in [0.25, 0.3) is 0 Å². The van der Waals surface area contributed by atoms with Crippen LogP contribution in [0.5, 0.6) is 0 Å². The summed E-state index contributed by atoms with van der Waals surface area (Å²) in [6.45, 7) is 3.47. The van der Waals surface area contributed by atoms with E-state index in [1.54, 1.807) is 0 Å². The van der Waals surface area contributed by atoms with Crippen LogP contribution in [0.2, 0.25) is 0 Å². The highest BCUT2D eigenvalue weighted by Gasteiger charge is 2.18. The zero-order valence-corrected chi connectivity index (χ0v) is 16.4. The molecular weight excluding hydrogens is 330 g/mol. The second kappa shape index (κ2) is 8.79. The number of benzene rings is 2. The first kappa shape index (κ1) is 18.4. The maximum absolute atomic E-state index is 6.00. The molecule has 3 heteroatoms. The number of nitrogens with one attached hydrogen (secondary N) is 1. The minimum atomic E-state index is 0.432. The summed E-state index contributed by atoms with van der Waals surface area (Å²) in [5.41, 5.74) is 11.2. The van der Waals surface area contributed by atoms with Gasteiger partial charge in [0.1, 0.15) is 0 Å². The van der Waals surface area contributed by atoms with E-state index in [1.165, 1.54) is 80.5 Å². The van der Waals surface area contributed by atoms with E-state index in [-0.39, 0.29) is 0 Å². The van der Waals surface area contributed by atoms with Crippen molar-refractivity contribution in [1.82, 2.24) is 0 Å². The zero-order valence-electron chi connectivity index (χ0n) is 16.4. The van der Waals surface area contributed by atoms with Crippen LogP contribution in [-0.4, -0.2) is 25.7 Å². The van der Waals surface area contributed by atoms with Gasteiger partial charge in [0.05, 0.1) is 0 Å². The molecule has 0 spiro atoms. The maximum atomic E-state index is 6.00. The van der Waals surface area contributed by atoms with Gasteiger partial charge in [-0.2, -0.15) is 0 Å². The van der Waals surface area contributed by atoms with Crippen molar-refractivity contribution < 1.29 is 0 Å². The van der Waals surface area contributed by atoms with Gasteiger partial charge >= 0.3 is 0 Å². The van der Waals surface area contributed by atoms with Crippen molar-refractivity contribution >= 4 is 11.4 Å². The molecule has 3 nitrogen and oxygen atoms in total. The Morgan fingerprint density at radius 3 is 2.00 bits per heavy atom. The summed E-state index contributed by atoms with van der Waals surface area (Å²) < 4.78 is 0. The highest BCUT2D eigenvalue weighted by Crippen LogP contribution is 2.27. The van der Waals surface area contributed by atoms with Crippen LogP contribution in [0.1, 0.15) is 44.9 Å². The van der Waals surface area contributed by atoms with E-state index in [9.17, 15) is 0 Å². The maximum Gasteiger partial charge on any atom is 0.0366 e. The monoisotopic (exact) mass is 363 g/mol. The molecule has 0 aromatic heterocycles. The topological polar surface area (TPSA) is 41.3 Å². The molecule has 1 aliphatic heterocycles. The van der Waals surface area contributed by atoms with Crippen LogP contribution >= 0.6 is 0 Å². The Balaban J connectivity index is 1.33. The van der Waals surface area contributed by atoms with Crippen molar-refractivity contribution in [1.29, 1.82) is 0 Å². The SMILES string of the molecule is NC1CCC(CNc2ccc(-c3ccc(N4CCCCC4)cc3)cc2)CC1. The number of rotatable bonds is 5. The van der Waals surface area contributed by atoms with Crippen molar-refractivity contribution in [2.24, 2.45) is 11.7 Å². The van der Waals surface area contributed by atoms with Crippen LogP contribution < -0.4 is 16.0 Å². The average molecular weight is 364 g/mol. The van der Waals surface area contributed by atoms with E-state index >= 15 is 0 Å². The average Bonchev–Trinajstić information content (AvgIpc) is 2.75. The molecule has 2 aromatic carbocycles. The fourth-order valence-electron chi connectivity index (χ4n) is 4.45. The van der Waals surface area contributed by atoms with Crippen LogP contribution in [0.3, 0.4) is 0 Å². The van der Waals surface area contributed by atoms with Crippen LogP contribution in [0.25, 0.3) is 11.1 Å². The molecule has 0 atom stereocenters. The van der Waals surface area contributed by atoms with E-state index in [4.69, 9.17) is 5.73 Å². The number of hydrogen-bond acceptors (Lipinski definition) is 3. The Kier molecular flexibility index (Phi) is 5.98. The van der Waals surface area contributed by atoms with Crippen LogP contribution in [0.4, 0.5) is 11.4 Å². The van der Waals surface area contributed by atoms with Gasteiger partial charge < -0.3 is 16.0 Å². The van der Waals surface area contributed by atoms with Crippen molar-refractivity contribution in [3.8, 4) is 11.1 Å². The fourth-order valence-corrected chi connectivity index (χ4v) is 4.45. The molecule has 0 unspecified atom stereocenters. The first-order valence-electron chi connectivity index (χ1n) is 10.7. The Labute approximate surface area is 164 Å². The summed E-state index contributed by atoms with van der Waals surface area (Å²) in [5, 5.41) is 3.61. The van der Waals surface area contributed by atoms with Crippen molar-refractivity contribution in [3.05, 3.63) is 48.5 Å². The van der Waals surface area contributed by atoms with E-state index in [0.29, 0.717) is 6.04 Å². The minimum Gasteiger partial charge on any atom is -0.385 e. The molecule has 2 aromatic rings. The molecule has 1 heterocycles. The van der Waals surface area contributed by atoms with Crippen LogP contribution in [-0.2, 0) is 0 Å². The standard InChI is InChI=1S/C24H33N3/c25-22-10-4-19(5-11-22)18-26-23-12-6-20(7-13-23)21-8-14-24(15-9-21)27-16-2-1-3-17-27/h6-9,12-15,19,22,26H,1-5,10-11,16-18,25H2. The van der Waals surface area contributed by atoms with E-state index < -0.39 is 0 Å². The summed E-state index contributed by atoms with van der Waals surface area (Å²) in [5.74, 6) is 0.770. The third kappa shape index (κ3) is 4.84. The number of nitrogens with zero attached hydrogens (tertiary/aromatic N) is 1. The molecule has 144 valence electrons. The smallest absolute Gasteiger partial charge is 0.0366 e. The molecule has 0 bridgehead atoms. The normalized spacial score (nSPS) is 23.2. The summed E-state index contributed by atoms with van der Waals surface area (Å²) in [4.78, 5) is 2.51. The molecule has 0 radical (unpaired) electrons. The molecule has 4 rings (SSSR count). The lowest BCUT2D eigenvalue weighted by Gasteiger charge is -2.28. The lowest BCUT2D eigenvalue weighted by molar-refractivity contribution is 0.339. The van der Waals surface area contributed by atoms with Crippen LogP contribution in [0, 0.1) is 5.92 Å². The van der Waals surface area contributed by atoms with Crippen LogP contribution in [0.15, 0.2) is 48.5 Å². The third-order valence-corrected chi connectivity index (χ3v) is 6.29. The molecule has 1 saturated heterocycles. The van der Waals surface area contributed by atoms with Gasteiger partial charge in [-0.15, -0.1) is 0 Å². The largest absolute Gasteiger partial charge is 0.385 e. The molecule has 2 fully saturated rings. The van der Waals surface area contributed by atoms with Gasteiger partial charge in [0, 0.05) is 37.1 Å².